The summed E-state index contributed by atoms with van der Waals surface area (Å²) < 4.78 is 52.6. The number of nitrogens with zero attached hydrogens (tertiary/aromatic N) is 7. The summed E-state index contributed by atoms with van der Waals surface area (Å²) in [5.41, 5.74) is 1.42. The number of benzene rings is 1. The molecule has 1 amide bonds. The first-order chi connectivity index (χ1) is 24.7. The molecule has 1 saturated heterocycles. The third kappa shape index (κ3) is 10.2. The highest BCUT2D eigenvalue weighted by atomic mass is 19.4. The Bertz CT molecular complexity index is 1680. The number of carbonyl (C=O) groups is 1. The number of rotatable bonds is 14. The van der Waals surface area contributed by atoms with Crippen LogP contribution in [0.1, 0.15) is 63.0 Å². The highest BCUT2D eigenvalue weighted by molar-refractivity contribution is 5.87. The second-order valence-corrected chi connectivity index (χ2v) is 12.3. The summed E-state index contributed by atoms with van der Waals surface area (Å²) in [5, 5.41) is 13.1. The highest BCUT2D eigenvalue weighted by Crippen LogP contribution is 2.36. The first-order valence-corrected chi connectivity index (χ1v) is 17.1. The Morgan fingerprint density at radius 1 is 1.00 bits per heavy atom. The predicted molar refractivity (Wildman–Crippen MR) is 186 cm³/mol. The molecule has 2 atom stereocenters. The molecular weight excluding hydrogens is 665 g/mol. The van der Waals surface area contributed by atoms with Gasteiger partial charge in [0.2, 0.25) is 5.95 Å². The van der Waals surface area contributed by atoms with Crippen molar-refractivity contribution in [1.82, 2.24) is 24.9 Å². The van der Waals surface area contributed by atoms with E-state index in [1.54, 1.807) is 34.5 Å². The molecule has 4 aromatic rings. The molecule has 0 saturated carbocycles. The average molecular weight is 709 g/mol. The number of hydrogen-bond donors (Lipinski definition) is 2. The lowest BCUT2D eigenvalue weighted by atomic mass is 10.0. The van der Waals surface area contributed by atoms with Crippen LogP contribution in [0.15, 0.2) is 67.3 Å². The van der Waals surface area contributed by atoms with Crippen molar-refractivity contribution in [2.24, 2.45) is 0 Å². The number of nitrogens with one attached hydrogen (secondary N) is 1. The van der Waals surface area contributed by atoms with Crippen molar-refractivity contribution in [3.63, 3.8) is 0 Å². The van der Waals surface area contributed by atoms with Crippen molar-refractivity contribution in [2.45, 2.75) is 76.8 Å². The monoisotopic (exact) mass is 708 g/mol. The molecule has 1 unspecified atom stereocenters. The van der Waals surface area contributed by atoms with Crippen LogP contribution < -0.4 is 19.9 Å². The van der Waals surface area contributed by atoms with Crippen LogP contribution in [0.25, 0.3) is 11.1 Å². The molecule has 15 heteroatoms. The molecule has 0 radical (unpaired) electrons. The molecule has 1 aliphatic heterocycles. The Labute approximate surface area is 295 Å². The third-order valence-electron chi connectivity index (χ3n) is 8.60. The van der Waals surface area contributed by atoms with Crippen LogP contribution in [-0.2, 0) is 17.5 Å². The highest BCUT2D eigenvalue weighted by Gasteiger charge is 2.37. The van der Waals surface area contributed by atoms with E-state index >= 15 is 0 Å². The van der Waals surface area contributed by atoms with Crippen molar-refractivity contribution in [3.8, 4) is 17.1 Å². The lowest BCUT2D eigenvalue weighted by molar-refractivity contribution is -0.137. The molecule has 51 heavy (non-hydrogen) atoms. The molecule has 4 heterocycles. The molecule has 5 rings (SSSR count). The van der Waals surface area contributed by atoms with Gasteiger partial charge < -0.3 is 24.8 Å². The molecule has 3 aromatic heterocycles. The minimum Gasteiger partial charge on any atom is -0.467 e. The van der Waals surface area contributed by atoms with Crippen LogP contribution in [0, 0.1) is 0 Å². The van der Waals surface area contributed by atoms with Crippen LogP contribution in [0.2, 0.25) is 0 Å². The van der Waals surface area contributed by atoms with Crippen molar-refractivity contribution < 1.29 is 32.5 Å². The maximum Gasteiger partial charge on any atom is 0.421 e. The van der Waals surface area contributed by atoms with Crippen LogP contribution in [-0.4, -0.2) is 75.0 Å². The van der Waals surface area contributed by atoms with Crippen molar-refractivity contribution in [1.29, 1.82) is 0 Å². The van der Waals surface area contributed by atoms with E-state index < -0.39 is 23.9 Å². The second-order valence-electron chi connectivity index (χ2n) is 12.3. The fourth-order valence-corrected chi connectivity index (χ4v) is 5.95. The number of ether oxygens (including phenoxy) is 2. The molecule has 0 bridgehead atoms. The topological polar surface area (TPSA) is 139 Å². The van der Waals surface area contributed by atoms with Crippen molar-refractivity contribution in [2.75, 3.05) is 41.9 Å². The second kappa shape index (κ2) is 17.7. The zero-order valence-corrected chi connectivity index (χ0v) is 28.7. The van der Waals surface area contributed by atoms with E-state index in [1.807, 2.05) is 43.3 Å². The largest absolute Gasteiger partial charge is 0.467 e. The van der Waals surface area contributed by atoms with Gasteiger partial charge in [-0.15, -0.1) is 0 Å². The third-order valence-corrected chi connectivity index (χ3v) is 8.60. The number of anilines is 3. The average Bonchev–Trinajstić information content (AvgIpc) is 3.37. The Balaban J connectivity index is 1.31. The smallest absolute Gasteiger partial charge is 0.421 e. The van der Waals surface area contributed by atoms with Gasteiger partial charge in [-0.3, -0.25) is 4.90 Å². The van der Waals surface area contributed by atoms with E-state index in [0.717, 1.165) is 29.3 Å². The number of amides is 1. The lowest BCUT2D eigenvalue weighted by Crippen LogP contribution is -2.41. The quantitative estimate of drug-likeness (QED) is 0.132. The van der Waals surface area contributed by atoms with Crippen LogP contribution in [0.3, 0.4) is 0 Å². The predicted octanol–water partition coefficient (Wildman–Crippen LogP) is 6.91. The summed E-state index contributed by atoms with van der Waals surface area (Å²) in [6, 6.07) is 12.9. The first-order valence-electron chi connectivity index (χ1n) is 17.1. The van der Waals surface area contributed by atoms with E-state index in [4.69, 9.17) is 9.47 Å². The minimum absolute atomic E-state index is 0.0775. The maximum atomic E-state index is 13.9. The van der Waals surface area contributed by atoms with Crippen molar-refractivity contribution in [3.05, 3.63) is 78.4 Å². The van der Waals surface area contributed by atoms with E-state index in [9.17, 15) is 23.1 Å². The summed E-state index contributed by atoms with van der Waals surface area (Å²) in [7, 11) is 1.49. The molecule has 12 nitrogen and oxygen atoms in total. The molecule has 1 aromatic carbocycles. The zero-order valence-electron chi connectivity index (χ0n) is 28.7. The van der Waals surface area contributed by atoms with E-state index in [1.165, 1.54) is 7.11 Å². The van der Waals surface area contributed by atoms with Crippen molar-refractivity contribution >= 4 is 23.7 Å². The van der Waals surface area contributed by atoms with Gasteiger partial charge in [-0.1, -0.05) is 43.7 Å². The molecular formula is C36H43F3N8O4. The number of pyridine rings is 1. The Kier molecular flexibility index (Phi) is 12.9. The van der Waals surface area contributed by atoms with Gasteiger partial charge in [0.25, 0.3) is 0 Å². The van der Waals surface area contributed by atoms with Crippen LogP contribution in [0.5, 0.6) is 6.01 Å². The van der Waals surface area contributed by atoms with Gasteiger partial charge in [0.1, 0.15) is 23.8 Å². The Morgan fingerprint density at radius 3 is 2.45 bits per heavy atom. The van der Waals surface area contributed by atoms with E-state index in [0.29, 0.717) is 57.4 Å². The fourth-order valence-electron chi connectivity index (χ4n) is 5.95. The van der Waals surface area contributed by atoms with Gasteiger partial charge >= 0.3 is 18.3 Å². The van der Waals surface area contributed by atoms with Gasteiger partial charge in [0.05, 0.1) is 13.2 Å². The summed E-state index contributed by atoms with van der Waals surface area (Å²) in [5.74, 6) is 0.297. The van der Waals surface area contributed by atoms with Gasteiger partial charge in [-0.25, -0.2) is 24.7 Å². The molecule has 0 aliphatic carbocycles. The summed E-state index contributed by atoms with van der Waals surface area (Å²) in [4.78, 5) is 38.1. The normalized spacial score (nSPS) is 15.5. The molecule has 1 fully saturated rings. The lowest BCUT2D eigenvalue weighted by Gasteiger charge is -2.30. The number of hydrogen-bond acceptors (Lipinski definition) is 11. The summed E-state index contributed by atoms with van der Waals surface area (Å²) in [6.07, 6.45) is 3.95. The molecule has 1 aliphatic rings. The number of halogens is 3. The number of aliphatic hydroxyl groups excluding tert-OH is 1. The number of carbonyl (C=O) groups excluding carboxylic acids is 1. The Hall–Kier alpha value is -5.05. The standard InChI is InChI=1S/C36H43F3N8O4/c1-3-9-28(12-7-17-40-33-42-23-30(36(37,38)39)32(45-33)46-18-8-13-29(48)16-19-46)47(35(49)51-24-25-10-5-4-6-11-25)31-15-14-26(20-41-31)27-21-43-34(50-2)44-22-27/h4-6,10-11,14-15,20-23,28-29,48H,3,7-9,12-13,16-19,24H2,1-2H3,(H,40,42,45)/t28-,29?/m0/s1. The van der Waals surface area contributed by atoms with Gasteiger partial charge in [-0.05, 0) is 56.2 Å². The number of methoxy groups -OCH3 is 1. The van der Waals surface area contributed by atoms with Crippen LogP contribution in [0.4, 0.5) is 35.5 Å². The number of alkyl halides is 3. The zero-order chi connectivity index (χ0) is 36.2. The van der Waals surface area contributed by atoms with Gasteiger partial charge in [-0.2, -0.15) is 18.2 Å². The molecule has 272 valence electrons. The van der Waals surface area contributed by atoms with Gasteiger partial charge in [0, 0.05) is 61.6 Å². The van der Waals surface area contributed by atoms with E-state index in [-0.39, 0.29) is 37.0 Å². The summed E-state index contributed by atoms with van der Waals surface area (Å²) in [6.45, 7) is 3.08. The summed E-state index contributed by atoms with van der Waals surface area (Å²) >= 11 is 0. The number of aliphatic hydroxyl groups is 1. The fraction of sp³-hybridized carbons (Fsp3) is 0.444. The molecule has 2 N–H and O–H groups in total. The van der Waals surface area contributed by atoms with Gasteiger partial charge in [0.15, 0.2) is 0 Å². The SMILES string of the molecule is CCC[C@@H](CCCNc1ncc(C(F)(F)F)c(N2CCCC(O)CC2)n1)N(C(=O)OCc1ccccc1)c1ccc(-c2cnc(OC)nc2)cn1. The minimum atomic E-state index is -4.63. The Morgan fingerprint density at radius 2 is 1.76 bits per heavy atom. The van der Waals surface area contributed by atoms with E-state index in [2.05, 4.69) is 30.2 Å². The van der Waals surface area contributed by atoms with Crippen LogP contribution >= 0.6 is 0 Å². The first kappa shape index (κ1) is 37.2. The number of aromatic nitrogens is 5. The molecule has 0 spiro atoms. The maximum absolute atomic E-state index is 13.9.